The quantitative estimate of drug-likeness (QED) is 0.366. The van der Waals surface area contributed by atoms with E-state index >= 15 is 0 Å². The number of unbranched alkanes of at least 4 members (excludes halogenated alkanes) is 1. The third-order valence-corrected chi connectivity index (χ3v) is 5.66. The molecule has 0 fully saturated rings. The molecule has 1 spiro atoms. The van der Waals surface area contributed by atoms with Crippen LogP contribution >= 0.6 is 0 Å². The van der Waals surface area contributed by atoms with E-state index in [-0.39, 0.29) is 23.5 Å². The minimum Gasteiger partial charge on any atom is -0.469 e. The van der Waals surface area contributed by atoms with Crippen molar-refractivity contribution >= 4 is 29.5 Å². The maximum absolute atomic E-state index is 13.9. The summed E-state index contributed by atoms with van der Waals surface area (Å²) in [6.45, 7) is 2.01. The number of esters is 3. The van der Waals surface area contributed by atoms with Gasteiger partial charge >= 0.3 is 17.9 Å². The number of nitrogens with two attached hydrogens (primary N) is 1. The first-order chi connectivity index (χ1) is 15.7. The molecule has 176 valence electrons. The Labute approximate surface area is 190 Å². The molecule has 3 rings (SSSR count). The Morgan fingerprint density at radius 2 is 1.79 bits per heavy atom. The van der Waals surface area contributed by atoms with E-state index in [0.29, 0.717) is 17.7 Å². The molecule has 1 atom stereocenters. The molecule has 0 bridgehead atoms. The fraction of sp³-hybridized carbons (Fsp3) is 0.391. The van der Waals surface area contributed by atoms with Gasteiger partial charge in [0, 0.05) is 18.3 Å². The molecule has 0 aliphatic carbocycles. The smallest absolute Gasteiger partial charge is 0.341 e. The van der Waals surface area contributed by atoms with Crippen LogP contribution in [0.5, 0.6) is 0 Å². The fourth-order valence-electron chi connectivity index (χ4n) is 4.13. The standard InChI is InChI=1S/C23H26N2O8/c1-5-6-11-32-21(28)18-19(24)33-15(12-16(26)30-3)17(20(27)31-4)23(18)13-9-7-8-10-14(13)25(2)22(23)29/h7-10H,5-6,11-12,24H2,1-4H3/t23-/m0/s1. The van der Waals surface area contributed by atoms with Crippen molar-refractivity contribution in [2.75, 3.05) is 32.8 Å². The number of carbonyl (C=O) groups excluding carboxylic acids is 4. The highest BCUT2D eigenvalue weighted by Crippen LogP contribution is 2.54. The number of hydrogen-bond donors (Lipinski definition) is 1. The maximum atomic E-state index is 13.9. The van der Waals surface area contributed by atoms with Gasteiger partial charge in [-0.2, -0.15) is 0 Å². The summed E-state index contributed by atoms with van der Waals surface area (Å²) >= 11 is 0. The Hall–Kier alpha value is -3.82. The van der Waals surface area contributed by atoms with Crippen molar-refractivity contribution in [3.05, 3.63) is 52.6 Å². The number of rotatable bonds is 7. The first kappa shape index (κ1) is 23.8. The van der Waals surface area contributed by atoms with Crippen molar-refractivity contribution in [2.24, 2.45) is 5.73 Å². The van der Waals surface area contributed by atoms with E-state index in [4.69, 9.17) is 24.7 Å². The van der Waals surface area contributed by atoms with Gasteiger partial charge in [-0.1, -0.05) is 31.5 Å². The van der Waals surface area contributed by atoms with Crippen molar-refractivity contribution in [1.82, 2.24) is 0 Å². The van der Waals surface area contributed by atoms with Crippen LogP contribution in [0.3, 0.4) is 0 Å². The van der Waals surface area contributed by atoms with Crippen LogP contribution in [0.25, 0.3) is 0 Å². The molecule has 2 N–H and O–H groups in total. The minimum absolute atomic E-state index is 0.0835. The zero-order valence-corrected chi connectivity index (χ0v) is 18.9. The molecule has 2 aliphatic rings. The van der Waals surface area contributed by atoms with Crippen LogP contribution in [0, 0.1) is 0 Å². The number of para-hydroxylation sites is 1. The Kier molecular flexibility index (Phi) is 6.75. The average molecular weight is 458 g/mol. The average Bonchev–Trinajstić information content (AvgIpc) is 3.01. The lowest BCUT2D eigenvalue weighted by Crippen LogP contribution is -2.50. The van der Waals surface area contributed by atoms with Gasteiger partial charge in [-0.25, -0.2) is 9.59 Å². The predicted molar refractivity (Wildman–Crippen MR) is 115 cm³/mol. The molecule has 33 heavy (non-hydrogen) atoms. The van der Waals surface area contributed by atoms with E-state index in [1.807, 2.05) is 6.92 Å². The van der Waals surface area contributed by atoms with Crippen LogP contribution in [0.4, 0.5) is 5.69 Å². The maximum Gasteiger partial charge on any atom is 0.341 e. The predicted octanol–water partition coefficient (Wildman–Crippen LogP) is 1.43. The summed E-state index contributed by atoms with van der Waals surface area (Å²) in [5, 5.41) is 0. The Morgan fingerprint density at radius 3 is 2.42 bits per heavy atom. The van der Waals surface area contributed by atoms with Crippen LogP contribution < -0.4 is 10.6 Å². The van der Waals surface area contributed by atoms with Gasteiger partial charge in [-0.15, -0.1) is 0 Å². The Balaban J connectivity index is 2.36. The van der Waals surface area contributed by atoms with Gasteiger partial charge in [0.15, 0.2) is 0 Å². The summed E-state index contributed by atoms with van der Waals surface area (Å²) in [7, 11) is 3.80. The molecule has 2 aliphatic heterocycles. The van der Waals surface area contributed by atoms with Crippen molar-refractivity contribution in [3.8, 4) is 0 Å². The number of amides is 1. The van der Waals surface area contributed by atoms with Gasteiger partial charge < -0.3 is 29.6 Å². The van der Waals surface area contributed by atoms with Gasteiger partial charge in [0.25, 0.3) is 0 Å². The number of likely N-dealkylation sites (N-methyl/N-ethyl adjacent to an activating group) is 1. The molecule has 1 aromatic carbocycles. The molecule has 0 radical (unpaired) electrons. The van der Waals surface area contributed by atoms with Crippen molar-refractivity contribution in [2.45, 2.75) is 31.6 Å². The third kappa shape index (κ3) is 3.71. The second-order valence-corrected chi connectivity index (χ2v) is 7.50. The van der Waals surface area contributed by atoms with E-state index in [9.17, 15) is 19.2 Å². The second-order valence-electron chi connectivity index (χ2n) is 7.50. The summed E-state index contributed by atoms with van der Waals surface area (Å²) in [4.78, 5) is 53.7. The third-order valence-electron chi connectivity index (χ3n) is 5.66. The molecule has 0 saturated heterocycles. The minimum atomic E-state index is -2.02. The van der Waals surface area contributed by atoms with Crippen LogP contribution in [0.1, 0.15) is 31.7 Å². The lowest BCUT2D eigenvalue weighted by Gasteiger charge is -2.36. The number of ether oxygens (including phenoxy) is 4. The van der Waals surface area contributed by atoms with Crippen molar-refractivity contribution in [1.29, 1.82) is 0 Å². The van der Waals surface area contributed by atoms with E-state index in [1.54, 1.807) is 24.3 Å². The van der Waals surface area contributed by atoms with Crippen molar-refractivity contribution < 1.29 is 38.1 Å². The lowest BCUT2D eigenvalue weighted by atomic mass is 9.67. The number of benzene rings is 1. The summed E-state index contributed by atoms with van der Waals surface area (Å²) in [6, 6.07) is 6.65. The molecular formula is C23H26N2O8. The van der Waals surface area contributed by atoms with Crippen LogP contribution in [-0.2, 0) is 43.5 Å². The number of fused-ring (bicyclic) bond motifs is 2. The molecule has 1 aromatic rings. The topological polar surface area (TPSA) is 134 Å². The summed E-state index contributed by atoms with van der Waals surface area (Å²) in [5.74, 6) is -3.93. The number of carbonyl (C=O) groups is 4. The van der Waals surface area contributed by atoms with Crippen LogP contribution in [0.2, 0.25) is 0 Å². The zero-order chi connectivity index (χ0) is 24.3. The molecule has 0 unspecified atom stereocenters. The zero-order valence-electron chi connectivity index (χ0n) is 18.9. The van der Waals surface area contributed by atoms with Crippen molar-refractivity contribution in [3.63, 3.8) is 0 Å². The summed E-state index contributed by atoms with van der Waals surface area (Å²) in [5.41, 5.74) is 4.25. The highest BCUT2D eigenvalue weighted by Gasteiger charge is 2.63. The first-order valence-corrected chi connectivity index (χ1v) is 10.4. The fourth-order valence-corrected chi connectivity index (χ4v) is 4.13. The molecular weight excluding hydrogens is 432 g/mol. The van der Waals surface area contributed by atoms with Crippen LogP contribution in [0.15, 0.2) is 47.1 Å². The number of hydrogen-bond acceptors (Lipinski definition) is 9. The van der Waals surface area contributed by atoms with E-state index in [2.05, 4.69) is 0 Å². The van der Waals surface area contributed by atoms with Gasteiger partial charge in [0.2, 0.25) is 11.8 Å². The second kappa shape index (κ2) is 9.35. The largest absolute Gasteiger partial charge is 0.469 e. The van der Waals surface area contributed by atoms with Gasteiger partial charge in [-0.05, 0) is 12.5 Å². The Bertz CT molecular complexity index is 1070. The molecule has 10 nitrogen and oxygen atoms in total. The van der Waals surface area contributed by atoms with E-state index in [0.717, 1.165) is 13.5 Å². The molecule has 0 aromatic heterocycles. The lowest BCUT2D eigenvalue weighted by molar-refractivity contribution is -0.143. The van der Waals surface area contributed by atoms with Crippen LogP contribution in [-0.4, -0.2) is 51.7 Å². The highest BCUT2D eigenvalue weighted by molar-refractivity contribution is 6.22. The summed E-state index contributed by atoms with van der Waals surface area (Å²) < 4.78 is 20.6. The molecule has 0 saturated carbocycles. The van der Waals surface area contributed by atoms with E-state index in [1.165, 1.54) is 19.1 Å². The molecule has 1 amide bonds. The molecule has 10 heteroatoms. The summed E-state index contributed by atoms with van der Waals surface area (Å²) in [6.07, 6.45) is 0.843. The molecule has 2 heterocycles. The number of methoxy groups -OCH3 is 2. The highest BCUT2D eigenvalue weighted by atomic mass is 16.5. The number of nitrogens with zero attached hydrogens (tertiary/aromatic N) is 1. The monoisotopic (exact) mass is 458 g/mol. The normalized spacial score (nSPS) is 19.4. The Morgan fingerprint density at radius 1 is 1.09 bits per heavy atom. The number of anilines is 1. The SMILES string of the molecule is CCCCOC(=O)C1=C(N)OC(CC(=O)OC)=C(C(=O)OC)[C@]12C(=O)N(C)c1ccccc12. The first-order valence-electron chi connectivity index (χ1n) is 10.4. The van der Waals surface area contributed by atoms with E-state index < -0.39 is 41.5 Å². The van der Waals surface area contributed by atoms with Gasteiger partial charge in [-0.3, -0.25) is 9.59 Å². The van der Waals surface area contributed by atoms with Gasteiger partial charge in [0.1, 0.15) is 28.7 Å². The van der Waals surface area contributed by atoms with Gasteiger partial charge in [0.05, 0.1) is 20.8 Å².